The molecule has 4 heteroatoms. The molecule has 4 nitrogen and oxygen atoms in total. The molecule has 0 aliphatic rings. The van der Waals surface area contributed by atoms with Crippen molar-refractivity contribution < 1.29 is 9.53 Å². The standard InChI is InChI=1S/C14H22N2O2/c1-4-18-10-11(2)16-9-12-5-7-13(8-6-12)14(17)15-3/h5-8,11,16H,4,9-10H2,1-3H3,(H,15,17). The number of carbonyl (C=O) groups excluding carboxylic acids is 1. The number of nitrogens with one attached hydrogen (secondary N) is 2. The Kier molecular flexibility index (Phi) is 6.39. The molecule has 0 spiro atoms. The van der Waals surface area contributed by atoms with Gasteiger partial charge in [0.25, 0.3) is 5.91 Å². The Morgan fingerprint density at radius 3 is 2.56 bits per heavy atom. The number of benzene rings is 1. The number of ether oxygens (including phenoxy) is 1. The molecule has 2 N–H and O–H groups in total. The second kappa shape index (κ2) is 7.84. The first-order valence-electron chi connectivity index (χ1n) is 6.29. The normalized spacial score (nSPS) is 12.2. The van der Waals surface area contributed by atoms with Gasteiger partial charge in [0.05, 0.1) is 6.61 Å². The SMILES string of the molecule is CCOCC(C)NCc1ccc(C(=O)NC)cc1. The van der Waals surface area contributed by atoms with Gasteiger partial charge < -0.3 is 15.4 Å². The highest BCUT2D eigenvalue weighted by Crippen LogP contribution is 2.04. The van der Waals surface area contributed by atoms with E-state index in [2.05, 4.69) is 17.6 Å². The molecule has 0 heterocycles. The maximum Gasteiger partial charge on any atom is 0.251 e. The monoisotopic (exact) mass is 250 g/mol. The molecule has 18 heavy (non-hydrogen) atoms. The lowest BCUT2D eigenvalue weighted by atomic mass is 10.1. The van der Waals surface area contributed by atoms with E-state index >= 15 is 0 Å². The van der Waals surface area contributed by atoms with Crippen molar-refractivity contribution in [2.24, 2.45) is 0 Å². The van der Waals surface area contributed by atoms with E-state index < -0.39 is 0 Å². The molecule has 1 unspecified atom stereocenters. The molecule has 1 atom stereocenters. The molecule has 0 aliphatic heterocycles. The van der Waals surface area contributed by atoms with Gasteiger partial charge in [0, 0.05) is 31.8 Å². The lowest BCUT2D eigenvalue weighted by Crippen LogP contribution is -2.30. The topological polar surface area (TPSA) is 50.4 Å². The summed E-state index contributed by atoms with van der Waals surface area (Å²) in [4.78, 5) is 11.4. The van der Waals surface area contributed by atoms with E-state index in [1.54, 1.807) is 7.05 Å². The van der Waals surface area contributed by atoms with Crippen LogP contribution in [0.25, 0.3) is 0 Å². The van der Waals surface area contributed by atoms with Crippen molar-refractivity contribution in [1.82, 2.24) is 10.6 Å². The predicted octanol–water partition coefficient (Wildman–Crippen LogP) is 1.56. The van der Waals surface area contributed by atoms with Crippen LogP contribution < -0.4 is 10.6 Å². The van der Waals surface area contributed by atoms with Crippen molar-refractivity contribution in [3.05, 3.63) is 35.4 Å². The third-order valence-electron chi connectivity index (χ3n) is 2.67. The van der Waals surface area contributed by atoms with E-state index in [1.165, 1.54) is 0 Å². The van der Waals surface area contributed by atoms with Crippen LogP contribution in [-0.4, -0.2) is 32.2 Å². The second-order valence-corrected chi connectivity index (χ2v) is 4.22. The maximum absolute atomic E-state index is 11.4. The van der Waals surface area contributed by atoms with E-state index in [1.807, 2.05) is 31.2 Å². The van der Waals surface area contributed by atoms with Crippen LogP contribution in [0.5, 0.6) is 0 Å². The Morgan fingerprint density at radius 1 is 1.33 bits per heavy atom. The minimum Gasteiger partial charge on any atom is -0.380 e. The fourth-order valence-corrected chi connectivity index (χ4v) is 1.56. The lowest BCUT2D eigenvalue weighted by molar-refractivity contribution is 0.0963. The summed E-state index contributed by atoms with van der Waals surface area (Å²) in [5.74, 6) is -0.0563. The minimum atomic E-state index is -0.0563. The summed E-state index contributed by atoms with van der Waals surface area (Å²) in [6, 6.07) is 7.92. The Morgan fingerprint density at radius 2 is 2.00 bits per heavy atom. The molecule has 0 saturated carbocycles. The van der Waals surface area contributed by atoms with Crippen molar-refractivity contribution in [2.45, 2.75) is 26.4 Å². The number of hydrogen-bond acceptors (Lipinski definition) is 3. The summed E-state index contributed by atoms with van der Waals surface area (Å²) in [6.45, 7) is 6.32. The molecule has 0 bridgehead atoms. The van der Waals surface area contributed by atoms with Crippen LogP contribution in [0.15, 0.2) is 24.3 Å². The highest BCUT2D eigenvalue weighted by Gasteiger charge is 2.04. The van der Waals surface area contributed by atoms with Gasteiger partial charge in [-0.2, -0.15) is 0 Å². The van der Waals surface area contributed by atoms with Crippen LogP contribution >= 0.6 is 0 Å². The van der Waals surface area contributed by atoms with Gasteiger partial charge in [0.15, 0.2) is 0 Å². The zero-order valence-electron chi connectivity index (χ0n) is 11.3. The average Bonchev–Trinajstić information content (AvgIpc) is 2.42. The molecule has 1 rings (SSSR count). The van der Waals surface area contributed by atoms with Crippen molar-refractivity contribution in [3.63, 3.8) is 0 Å². The summed E-state index contributed by atoms with van der Waals surface area (Å²) in [7, 11) is 1.63. The van der Waals surface area contributed by atoms with Gasteiger partial charge in [0.1, 0.15) is 0 Å². The van der Waals surface area contributed by atoms with Gasteiger partial charge in [-0.25, -0.2) is 0 Å². The number of hydrogen-bond donors (Lipinski definition) is 2. The second-order valence-electron chi connectivity index (χ2n) is 4.22. The van der Waals surface area contributed by atoms with Crippen molar-refractivity contribution in [2.75, 3.05) is 20.3 Å². The molecule has 0 radical (unpaired) electrons. The highest BCUT2D eigenvalue weighted by atomic mass is 16.5. The molecule has 1 aromatic carbocycles. The smallest absolute Gasteiger partial charge is 0.251 e. The summed E-state index contributed by atoms with van der Waals surface area (Å²) in [6.07, 6.45) is 0. The van der Waals surface area contributed by atoms with E-state index in [9.17, 15) is 4.79 Å². The van der Waals surface area contributed by atoms with Gasteiger partial charge in [-0.3, -0.25) is 4.79 Å². The number of amides is 1. The zero-order chi connectivity index (χ0) is 13.4. The molecule has 0 aliphatic carbocycles. The van der Waals surface area contributed by atoms with Crippen LogP contribution in [0.2, 0.25) is 0 Å². The average molecular weight is 250 g/mol. The summed E-state index contributed by atoms with van der Waals surface area (Å²) < 4.78 is 5.33. The quantitative estimate of drug-likeness (QED) is 0.772. The Balaban J connectivity index is 2.41. The molecule has 0 aromatic heterocycles. The molecular weight excluding hydrogens is 228 g/mol. The largest absolute Gasteiger partial charge is 0.380 e. The van der Waals surface area contributed by atoms with Crippen LogP contribution in [0.3, 0.4) is 0 Å². The van der Waals surface area contributed by atoms with Crippen molar-refractivity contribution >= 4 is 5.91 Å². The number of carbonyl (C=O) groups is 1. The summed E-state index contributed by atoms with van der Waals surface area (Å²) >= 11 is 0. The van der Waals surface area contributed by atoms with Crippen molar-refractivity contribution in [1.29, 1.82) is 0 Å². The van der Waals surface area contributed by atoms with Gasteiger partial charge in [-0.05, 0) is 31.5 Å². The van der Waals surface area contributed by atoms with Gasteiger partial charge >= 0.3 is 0 Å². The first-order valence-corrected chi connectivity index (χ1v) is 6.29. The summed E-state index contributed by atoms with van der Waals surface area (Å²) in [5.41, 5.74) is 1.84. The molecular formula is C14H22N2O2. The predicted molar refractivity (Wildman–Crippen MR) is 72.6 cm³/mol. The van der Waals surface area contributed by atoms with E-state index in [4.69, 9.17) is 4.74 Å². The number of rotatable bonds is 7. The molecule has 100 valence electrons. The maximum atomic E-state index is 11.4. The first kappa shape index (κ1) is 14.7. The molecule has 0 fully saturated rings. The van der Waals surface area contributed by atoms with Gasteiger partial charge in [-0.15, -0.1) is 0 Å². The fraction of sp³-hybridized carbons (Fsp3) is 0.500. The highest BCUT2D eigenvalue weighted by molar-refractivity contribution is 5.93. The van der Waals surface area contributed by atoms with Crippen LogP contribution in [0.1, 0.15) is 29.8 Å². The van der Waals surface area contributed by atoms with Crippen molar-refractivity contribution in [3.8, 4) is 0 Å². The Hall–Kier alpha value is -1.39. The zero-order valence-corrected chi connectivity index (χ0v) is 11.3. The minimum absolute atomic E-state index is 0.0563. The Labute approximate surface area is 109 Å². The van der Waals surface area contributed by atoms with E-state index in [0.29, 0.717) is 18.2 Å². The first-order chi connectivity index (χ1) is 8.67. The van der Waals surface area contributed by atoms with Crippen LogP contribution in [-0.2, 0) is 11.3 Å². The van der Waals surface area contributed by atoms with E-state index in [-0.39, 0.29) is 5.91 Å². The Bertz CT molecular complexity index is 363. The van der Waals surface area contributed by atoms with Gasteiger partial charge in [-0.1, -0.05) is 12.1 Å². The lowest BCUT2D eigenvalue weighted by Gasteiger charge is -2.13. The third-order valence-corrected chi connectivity index (χ3v) is 2.67. The van der Waals surface area contributed by atoms with E-state index in [0.717, 1.165) is 18.7 Å². The molecule has 1 aromatic rings. The summed E-state index contributed by atoms with van der Waals surface area (Å²) in [5, 5.41) is 5.97. The fourth-order valence-electron chi connectivity index (χ4n) is 1.56. The third kappa shape index (κ3) is 4.85. The van der Waals surface area contributed by atoms with Crippen LogP contribution in [0.4, 0.5) is 0 Å². The molecule has 1 amide bonds. The molecule has 0 saturated heterocycles. The van der Waals surface area contributed by atoms with Crippen LogP contribution in [0, 0.1) is 0 Å². The van der Waals surface area contributed by atoms with Gasteiger partial charge in [0.2, 0.25) is 0 Å².